The van der Waals surface area contributed by atoms with Gasteiger partial charge in [-0.3, -0.25) is 0 Å². The van der Waals surface area contributed by atoms with Crippen molar-refractivity contribution in [1.82, 2.24) is 5.32 Å². The van der Waals surface area contributed by atoms with E-state index in [-0.39, 0.29) is 6.04 Å². The molecule has 1 heterocycles. The molecule has 26 heavy (non-hydrogen) atoms. The molecule has 1 fully saturated rings. The van der Waals surface area contributed by atoms with Crippen LogP contribution in [0.3, 0.4) is 0 Å². The van der Waals surface area contributed by atoms with Crippen LogP contribution in [0.5, 0.6) is 5.75 Å². The van der Waals surface area contributed by atoms with Gasteiger partial charge in [-0.1, -0.05) is 44.2 Å². The predicted octanol–water partition coefficient (Wildman–Crippen LogP) is 3.42. The molecular weight excluding hydrogens is 324 g/mol. The fourth-order valence-electron chi connectivity index (χ4n) is 3.36. The zero-order valence-electron chi connectivity index (χ0n) is 15.8. The molecule has 3 rings (SSSR count). The van der Waals surface area contributed by atoms with E-state index in [2.05, 4.69) is 48.3 Å². The fraction of sp³-hybridized carbons (Fsp3) is 0.455. The van der Waals surface area contributed by atoms with Crippen LogP contribution in [0.15, 0.2) is 54.6 Å². The highest BCUT2D eigenvalue weighted by atomic mass is 16.5. The van der Waals surface area contributed by atoms with E-state index in [1.807, 2.05) is 30.3 Å². The minimum atomic E-state index is -0.420. The maximum Gasteiger partial charge on any atom is 0.119 e. The highest BCUT2D eigenvalue weighted by Crippen LogP contribution is 2.22. The van der Waals surface area contributed by atoms with Gasteiger partial charge < -0.3 is 20.1 Å². The fourth-order valence-corrected chi connectivity index (χ4v) is 3.36. The molecule has 2 aromatic carbocycles. The van der Waals surface area contributed by atoms with E-state index < -0.39 is 6.10 Å². The molecule has 0 unspecified atom stereocenters. The number of ether oxygens (including phenoxy) is 1. The molecule has 2 N–H and O–H groups in total. The summed E-state index contributed by atoms with van der Waals surface area (Å²) in [6.45, 7) is 7.60. The van der Waals surface area contributed by atoms with Crippen LogP contribution in [0.4, 0.5) is 5.69 Å². The first kappa shape index (κ1) is 18.7. The van der Waals surface area contributed by atoms with Crippen molar-refractivity contribution in [3.8, 4) is 5.75 Å². The van der Waals surface area contributed by atoms with Crippen LogP contribution < -0.4 is 15.0 Å². The Balaban J connectivity index is 1.50. The van der Waals surface area contributed by atoms with Crippen molar-refractivity contribution >= 4 is 5.69 Å². The average molecular weight is 354 g/mol. The smallest absolute Gasteiger partial charge is 0.119 e. The third-order valence-corrected chi connectivity index (χ3v) is 5.02. The van der Waals surface area contributed by atoms with Gasteiger partial charge in [0.1, 0.15) is 5.75 Å². The summed E-state index contributed by atoms with van der Waals surface area (Å²) in [5.41, 5.74) is 2.59. The average Bonchev–Trinajstić information content (AvgIpc) is 2.69. The number of rotatable bonds is 7. The molecule has 0 aromatic heterocycles. The summed E-state index contributed by atoms with van der Waals surface area (Å²) >= 11 is 0. The molecule has 1 saturated heterocycles. The number of benzene rings is 2. The largest absolute Gasteiger partial charge is 0.493 e. The second-order valence-corrected chi connectivity index (χ2v) is 7.27. The summed E-state index contributed by atoms with van der Waals surface area (Å²) in [5, 5.41) is 14.0. The monoisotopic (exact) mass is 354 g/mol. The minimum Gasteiger partial charge on any atom is -0.493 e. The molecule has 4 nitrogen and oxygen atoms in total. The van der Waals surface area contributed by atoms with Gasteiger partial charge in [-0.15, -0.1) is 0 Å². The summed E-state index contributed by atoms with van der Waals surface area (Å²) in [6, 6.07) is 18.6. The number of para-hydroxylation sites is 1. The molecule has 2 atom stereocenters. The number of nitrogens with one attached hydrogen (secondary N) is 1. The Hall–Kier alpha value is -2.04. The third-order valence-electron chi connectivity index (χ3n) is 5.02. The normalized spacial score (nSPS) is 18.8. The first-order valence-corrected chi connectivity index (χ1v) is 9.57. The first-order valence-electron chi connectivity index (χ1n) is 9.57. The van der Waals surface area contributed by atoms with Gasteiger partial charge in [0.25, 0.3) is 0 Å². The lowest BCUT2D eigenvalue weighted by atomic mass is 10.0. The SMILES string of the molecule is CC(C)c1ccc(N2CCN[C@@H]([C@H](O)CCOc3ccccc3)C2)cc1. The second kappa shape index (κ2) is 9.06. The lowest BCUT2D eigenvalue weighted by Crippen LogP contribution is -2.56. The number of hydrogen-bond donors (Lipinski definition) is 2. The van der Waals surface area contributed by atoms with Crippen LogP contribution >= 0.6 is 0 Å². The number of hydrogen-bond acceptors (Lipinski definition) is 4. The maximum atomic E-state index is 10.6. The molecule has 0 radical (unpaired) electrons. The van der Waals surface area contributed by atoms with Crippen LogP contribution in [0.25, 0.3) is 0 Å². The highest BCUT2D eigenvalue weighted by Gasteiger charge is 2.25. The van der Waals surface area contributed by atoms with Crippen molar-refractivity contribution in [2.75, 3.05) is 31.1 Å². The number of aliphatic hydroxyl groups excluding tert-OH is 1. The molecule has 0 amide bonds. The van der Waals surface area contributed by atoms with E-state index in [9.17, 15) is 5.11 Å². The van der Waals surface area contributed by atoms with Gasteiger partial charge in [0, 0.05) is 31.7 Å². The molecule has 140 valence electrons. The Morgan fingerprint density at radius 1 is 1.12 bits per heavy atom. The Bertz CT molecular complexity index is 658. The van der Waals surface area contributed by atoms with E-state index in [0.29, 0.717) is 18.9 Å². The van der Waals surface area contributed by atoms with E-state index in [0.717, 1.165) is 25.4 Å². The van der Waals surface area contributed by atoms with Gasteiger partial charge in [-0.2, -0.15) is 0 Å². The zero-order valence-corrected chi connectivity index (χ0v) is 15.8. The number of nitrogens with zero attached hydrogens (tertiary/aromatic N) is 1. The maximum absolute atomic E-state index is 10.6. The van der Waals surface area contributed by atoms with E-state index in [1.54, 1.807) is 0 Å². The van der Waals surface area contributed by atoms with Gasteiger partial charge in [-0.05, 0) is 35.7 Å². The van der Waals surface area contributed by atoms with Crippen molar-refractivity contribution in [1.29, 1.82) is 0 Å². The summed E-state index contributed by atoms with van der Waals surface area (Å²) in [5.74, 6) is 1.40. The van der Waals surface area contributed by atoms with Crippen LogP contribution in [0.1, 0.15) is 31.7 Å². The number of piperazine rings is 1. The molecule has 0 bridgehead atoms. The predicted molar refractivity (Wildman–Crippen MR) is 107 cm³/mol. The van der Waals surface area contributed by atoms with Gasteiger partial charge in [0.05, 0.1) is 18.8 Å². The van der Waals surface area contributed by atoms with Crippen molar-refractivity contribution < 1.29 is 9.84 Å². The van der Waals surface area contributed by atoms with Gasteiger partial charge in [0.2, 0.25) is 0 Å². The Morgan fingerprint density at radius 2 is 1.85 bits per heavy atom. The van der Waals surface area contributed by atoms with Gasteiger partial charge in [0.15, 0.2) is 0 Å². The summed E-state index contributed by atoms with van der Waals surface area (Å²) in [7, 11) is 0. The highest BCUT2D eigenvalue weighted by molar-refractivity contribution is 5.48. The summed E-state index contributed by atoms with van der Waals surface area (Å²) in [4.78, 5) is 2.35. The quantitative estimate of drug-likeness (QED) is 0.800. The van der Waals surface area contributed by atoms with Crippen LogP contribution in [0.2, 0.25) is 0 Å². The van der Waals surface area contributed by atoms with Crippen molar-refractivity contribution in [2.45, 2.75) is 38.3 Å². The number of aliphatic hydroxyl groups is 1. The molecular formula is C22H30N2O2. The Kier molecular flexibility index (Phi) is 6.53. The molecule has 1 aliphatic rings. The van der Waals surface area contributed by atoms with Gasteiger partial charge in [-0.25, -0.2) is 0 Å². The van der Waals surface area contributed by atoms with Crippen molar-refractivity contribution in [3.05, 3.63) is 60.2 Å². The topological polar surface area (TPSA) is 44.7 Å². The Labute approximate surface area is 156 Å². The van der Waals surface area contributed by atoms with Crippen molar-refractivity contribution in [2.24, 2.45) is 0 Å². The third kappa shape index (κ3) is 4.99. The van der Waals surface area contributed by atoms with Gasteiger partial charge >= 0.3 is 0 Å². The Morgan fingerprint density at radius 3 is 2.54 bits per heavy atom. The summed E-state index contributed by atoms with van der Waals surface area (Å²) < 4.78 is 5.71. The van der Waals surface area contributed by atoms with E-state index in [1.165, 1.54) is 11.3 Å². The van der Waals surface area contributed by atoms with Crippen LogP contribution in [0, 0.1) is 0 Å². The van der Waals surface area contributed by atoms with E-state index >= 15 is 0 Å². The molecule has 0 spiro atoms. The lowest BCUT2D eigenvalue weighted by Gasteiger charge is -2.37. The molecule has 0 aliphatic carbocycles. The molecule has 2 aromatic rings. The molecule has 4 heteroatoms. The van der Waals surface area contributed by atoms with Crippen LogP contribution in [-0.2, 0) is 0 Å². The molecule has 1 aliphatic heterocycles. The molecule has 0 saturated carbocycles. The number of anilines is 1. The minimum absolute atomic E-state index is 0.0629. The van der Waals surface area contributed by atoms with E-state index in [4.69, 9.17) is 4.74 Å². The second-order valence-electron chi connectivity index (χ2n) is 7.27. The first-order chi connectivity index (χ1) is 12.6. The standard InChI is InChI=1S/C22H30N2O2/c1-17(2)18-8-10-19(11-9-18)24-14-13-23-21(16-24)22(25)12-15-26-20-6-4-3-5-7-20/h3-11,17,21-23,25H,12-16H2,1-2H3/t21-,22-/m1/s1. The summed E-state index contributed by atoms with van der Waals surface area (Å²) in [6.07, 6.45) is 0.198. The van der Waals surface area contributed by atoms with Crippen molar-refractivity contribution in [3.63, 3.8) is 0 Å². The lowest BCUT2D eigenvalue weighted by molar-refractivity contribution is 0.0977. The van der Waals surface area contributed by atoms with Crippen LogP contribution in [-0.4, -0.2) is 43.5 Å². The zero-order chi connectivity index (χ0) is 18.4.